The fraction of sp³-hybridized carbons (Fsp3) is 0.385. The molecule has 1 rings (SSSR count). The maximum absolute atomic E-state index is 8.52. The van der Waals surface area contributed by atoms with Crippen LogP contribution in [-0.4, -0.2) is 20.1 Å². The molecule has 0 aliphatic rings. The second-order valence-corrected chi connectivity index (χ2v) is 3.74. The van der Waals surface area contributed by atoms with Gasteiger partial charge in [-0.1, -0.05) is 0 Å². The van der Waals surface area contributed by atoms with E-state index in [2.05, 4.69) is 10.3 Å². The molecule has 0 heterocycles. The highest BCUT2D eigenvalue weighted by atomic mass is 16.5. The van der Waals surface area contributed by atoms with Crippen LogP contribution >= 0.6 is 0 Å². The van der Waals surface area contributed by atoms with Gasteiger partial charge in [0.15, 0.2) is 6.19 Å². The summed E-state index contributed by atoms with van der Waals surface area (Å²) in [5.41, 5.74) is 0.913. The van der Waals surface area contributed by atoms with Crippen molar-refractivity contribution in [2.24, 2.45) is 4.99 Å². The van der Waals surface area contributed by atoms with Crippen LogP contribution in [0.15, 0.2) is 23.2 Å². The van der Waals surface area contributed by atoms with Crippen molar-refractivity contribution in [3.63, 3.8) is 0 Å². The molecule has 1 atom stereocenters. The minimum Gasteiger partial charge on any atom is -0.497 e. The second-order valence-electron chi connectivity index (χ2n) is 3.74. The molecular weight excluding hydrogens is 230 g/mol. The summed E-state index contributed by atoms with van der Waals surface area (Å²) in [5, 5.41) is 11.0. The Morgan fingerprint density at radius 3 is 2.67 bits per heavy atom. The van der Waals surface area contributed by atoms with Crippen LogP contribution in [0, 0.1) is 11.5 Å². The van der Waals surface area contributed by atoms with Crippen molar-refractivity contribution in [3.05, 3.63) is 23.8 Å². The number of benzene rings is 1. The number of methoxy groups -OCH3 is 2. The van der Waals surface area contributed by atoms with Gasteiger partial charge in [-0.2, -0.15) is 5.26 Å². The van der Waals surface area contributed by atoms with Crippen molar-refractivity contribution in [3.8, 4) is 17.7 Å². The van der Waals surface area contributed by atoms with Gasteiger partial charge in [-0.3, -0.25) is 10.3 Å². The first-order valence-corrected chi connectivity index (χ1v) is 5.53. The van der Waals surface area contributed by atoms with Crippen LogP contribution in [0.1, 0.15) is 25.5 Å². The third-order valence-electron chi connectivity index (χ3n) is 2.51. The first-order chi connectivity index (χ1) is 8.62. The zero-order chi connectivity index (χ0) is 13.5. The topological polar surface area (TPSA) is 66.6 Å². The third kappa shape index (κ3) is 3.39. The molecule has 1 aromatic rings. The Kier molecular flexibility index (Phi) is 5.00. The van der Waals surface area contributed by atoms with E-state index in [9.17, 15) is 0 Å². The van der Waals surface area contributed by atoms with Gasteiger partial charge in [-0.05, 0) is 32.0 Å². The monoisotopic (exact) mass is 247 g/mol. The first-order valence-electron chi connectivity index (χ1n) is 5.53. The van der Waals surface area contributed by atoms with E-state index in [1.807, 2.05) is 31.3 Å². The van der Waals surface area contributed by atoms with E-state index in [0.29, 0.717) is 5.84 Å². The summed E-state index contributed by atoms with van der Waals surface area (Å²) in [6, 6.07) is 5.43. The molecule has 0 bridgehead atoms. The van der Waals surface area contributed by atoms with Crippen molar-refractivity contribution in [2.45, 2.75) is 19.9 Å². The van der Waals surface area contributed by atoms with Gasteiger partial charge in [0.05, 0.1) is 20.3 Å². The molecule has 0 saturated carbocycles. The molecule has 0 aliphatic carbocycles. The number of ether oxygens (including phenoxy) is 2. The van der Waals surface area contributed by atoms with Crippen molar-refractivity contribution >= 4 is 5.84 Å². The Morgan fingerprint density at radius 1 is 1.39 bits per heavy atom. The van der Waals surface area contributed by atoms with Crippen molar-refractivity contribution < 1.29 is 9.47 Å². The van der Waals surface area contributed by atoms with Crippen LogP contribution < -0.4 is 14.8 Å². The fourth-order valence-electron chi connectivity index (χ4n) is 1.64. The molecule has 0 amide bonds. The molecule has 5 heteroatoms. The van der Waals surface area contributed by atoms with Crippen LogP contribution in [0.25, 0.3) is 0 Å². The van der Waals surface area contributed by atoms with E-state index >= 15 is 0 Å². The van der Waals surface area contributed by atoms with Gasteiger partial charge >= 0.3 is 0 Å². The van der Waals surface area contributed by atoms with Crippen molar-refractivity contribution in [1.29, 1.82) is 5.26 Å². The molecule has 0 unspecified atom stereocenters. The van der Waals surface area contributed by atoms with E-state index in [1.54, 1.807) is 21.1 Å². The number of nitrogens with one attached hydrogen (secondary N) is 1. The van der Waals surface area contributed by atoms with Gasteiger partial charge < -0.3 is 9.47 Å². The molecule has 96 valence electrons. The average molecular weight is 247 g/mol. The van der Waals surface area contributed by atoms with E-state index in [4.69, 9.17) is 14.7 Å². The number of hydrogen-bond donors (Lipinski definition) is 1. The van der Waals surface area contributed by atoms with Crippen molar-refractivity contribution in [2.75, 3.05) is 14.2 Å². The highest BCUT2D eigenvalue weighted by Gasteiger charge is 2.12. The van der Waals surface area contributed by atoms with Crippen LogP contribution in [0.3, 0.4) is 0 Å². The number of nitrogens with zero attached hydrogens (tertiary/aromatic N) is 2. The quantitative estimate of drug-likeness (QED) is 0.383. The number of aliphatic imine (C=N–C) groups is 1. The zero-order valence-electron chi connectivity index (χ0n) is 11.0. The lowest BCUT2D eigenvalue weighted by molar-refractivity contribution is 0.396. The average Bonchev–Trinajstić information content (AvgIpc) is 2.38. The van der Waals surface area contributed by atoms with Crippen LogP contribution in [0.5, 0.6) is 11.5 Å². The molecule has 5 nitrogen and oxygen atoms in total. The Morgan fingerprint density at radius 2 is 2.11 bits per heavy atom. The molecule has 0 aromatic heterocycles. The van der Waals surface area contributed by atoms with Crippen LogP contribution in [-0.2, 0) is 0 Å². The number of amidine groups is 1. The summed E-state index contributed by atoms with van der Waals surface area (Å²) in [6.45, 7) is 3.67. The Hall–Kier alpha value is -2.22. The highest BCUT2D eigenvalue weighted by Crippen LogP contribution is 2.31. The molecule has 0 fully saturated rings. The van der Waals surface area contributed by atoms with Gasteiger partial charge in [0.2, 0.25) is 0 Å². The lowest BCUT2D eigenvalue weighted by Crippen LogP contribution is -2.14. The second kappa shape index (κ2) is 6.50. The lowest BCUT2D eigenvalue weighted by Gasteiger charge is -2.14. The molecule has 1 N–H and O–H groups in total. The number of hydrogen-bond acceptors (Lipinski definition) is 4. The van der Waals surface area contributed by atoms with E-state index < -0.39 is 0 Å². The van der Waals surface area contributed by atoms with Gasteiger partial charge in [-0.25, -0.2) is 0 Å². The van der Waals surface area contributed by atoms with Gasteiger partial charge in [0, 0.05) is 5.56 Å². The Balaban J connectivity index is 3.07. The molecule has 1 aromatic carbocycles. The lowest BCUT2D eigenvalue weighted by atomic mass is 10.1. The van der Waals surface area contributed by atoms with E-state index in [-0.39, 0.29) is 6.04 Å². The zero-order valence-corrected chi connectivity index (χ0v) is 11.0. The molecule has 0 radical (unpaired) electrons. The number of nitriles is 1. The van der Waals surface area contributed by atoms with Crippen molar-refractivity contribution in [1.82, 2.24) is 5.32 Å². The van der Waals surface area contributed by atoms with Gasteiger partial charge in [0.25, 0.3) is 0 Å². The third-order valence-corrected chi connectivity index (χ3v) is 2.51. The SMILES string of the molecule is COc1ccc(OC)c([C@H](C)N=C(C)NC#N)c1. The Labute approximate surface area is 107 Å². The van der Waals surface area contributed by atoms with E-state index in [0.717, 1.165) is 17.1 Å². The predicted molar refractivity (Wildman–Crippen MR) is 69.8 cm³/mol. The minimum absolute atomic E-state index is 0.129. The molecule has 0 spiro atoms. The summed E-state index contributed by atoms with van der Waals surface area (Å²) in [6.07, 6.45) is 1.84. The Bertz CT molecular complexity index is 478. The maximum atomic E-state index is 8.52. The van der Waals surface area contributed by atoms with Crippen LogP contribution in [0.2, 0.25) is 0 Å². The summed E-state index contributed by atoms with van der Waals surface area (Å²) >= 11 is 0. The molecule has 0 aliphatic heterocycles. The standard InChI is InChI=1S/C13H17N3O2/c1-9(16-10(2)15-8-14)12-7-11(17-3)5-6-13(12)18-4/h5-7,9H,1-4H3,(H,15,16)/t9-/m0/s1. The summed E-state index contributed by atoms with van der Waals surface area (Å²) in [4.78, 5) is 4.37. The summed E-state index contributed by atoms with van der Waals surface area (Å²) in [5.74, 6) is 2.06. The predicted octanol–water partition coefficient (Wildman–Crippen LogP) is 2.25. The highest BCUT2D eigenvalue weighted by molar-refractivity contribution is 5.81. The first kappa shape index (κ1) is 13.8. The normalized spacial score (nSPS) is 12.5. The molecular formula is C13H17N3O2. The molecule has 18 heavy (non-hydrogen) atoms. The van der Waals surface area contributed by atoms with Crippen LogP contribution in [0.4, 0.5) is 0 Å². The fourth-order valence-corrected chi connectivity index (χ4v) is 1.64. The largest absolute Gasteiger partial charge is 0.497 e. The minimum atomic E-state index is -0.129. The smallest absolute Gasteiger partial charge is 0.182 e. The summed E-state index contributed by atoms with van der Waals surface area (Å²) in [7, 11) is 3.23. The summed E-state index contributed by atoms with van der Waals surface area (Å²) < 4.78 is 10.5. The van der Waals surface area contributed by atoms with E-state index in [1.165, 1.54) is 0 Å². The van der Waals surface area contributed by atoms with Gasteiger partial charge in [-0.15, -0.1) is 0 Å². The number of rotatable bonds is 4. The molecule has 0 saturated heterocycles. The van der Waals surface area contributed by atoms with Gasteiger partial charge in [0.1, 0.15) is 17.3 Å². The maximum Gasteiger partial charge on any atom is 0.182 e.